The van der Waals surface area contributed by atoms with Crippen LogP contribution in [0.3, 0.4) is 0 Å². The molecule has 1 aromatic carbocycles. The van der Waals surface area contributed by atoms with Crippen molar-refractivity contribution in [1.82, 2.24) is 5.32 Å². The third-order valence-corrected chi connectivity index (χ3v) is 3.51. The van der Waals surface area contributed by atoms with E-state index in [-0.39, 0.29) is 16.5 Å². The summed E-state index contributed by atoms with van der Waals surface area (Å²) in [4.78, 5) is 0. The highest BCUT2D eigenvalue weighted by molar-refractivity contribution is 9.10. The molecular formula is C13H18BrF2NO3. The van der Waals surface area contributed by atoms with E-state index in [9.17, 15) is 8.78 Å². The molecule has 0 aliphatic heterocycles. The molecule has 7 heteroatoms. The van der Waals surface area contributed by atoms with Gasteiger partial charge in [-0.05, 0) is 34.5 Å². The van der Waals surface area contributed by atoms with Crippen LogP contribution in [0, 0.1) is 11.6 Å². The predicted molar refractivity (Wildman–Crippen MR) is 74.7 cm³/mol. The molecule has 1 aromatic rings. The first kappa shape index (κ1) is 17.3. The molecule has 1 atom stereocenters. The van der Waals surface area contributed by atoms with E-state index in [2.05, 4.69) is 21.2 Å². The van der Waals surface area contributed by atoms with Crippen molar-refractivity contribution in [3.05, 3.63) is 27.7 Å². The van der Waals surface area contributed by atoms with Crippen molar-refractivity contribution < 1.29 is 23.0 Å². The number of ether oxygens (including phenoxy) is 3. The monoisotopic (exact) mass is 353 g/mol. The summed E-state index contributed by atoms with van der Waals surface area (Å²) < 4.78 is 42.3. The first-order valence-corrected chi connectivity index (χ1v) is 6.89. The van der Waals surface area contributed by atoms with E-state index >= 15 is 0 Å². The van der Waals surface area contributed by atoms with E-state index in [0.717, 1.165) is 0 Å². The Labute approximate surface area is 125 Å². The number of hydrogen-bond acceptors (Lipinski definition) is 4. The van der Waals surface area contributed by atoms with Crippen LogP contribution in [-0.4, -0.2) is 33.7 Å². The number of hydrogen-bond donors (Lipinski definition) is 1. The molecule has 0 aliphatic rings. The van der Waals surface area contributed by atoms with Crippen molar-refractivity contribution in [2.45, 2.75) is 19.8 Å². The zero-order chi connectivity index (χ0) is 15.1. The van der Waals surface area contributed by atoms with Gasteiger partial charge in [-0.2, -0.15) is 4.39 Å². The molecule has 0 spiro atoms. The summed E-state index contributed by atoms with van der Waals surface area (Å²) in [5, 5.41) is 3.05. The SMILES string of the molecule is CCOC(CNCc1cc(OC)c(F)c(F)c1Br)OC. The van der Waals surface area contributed by atoms with Gasteiger partial charge < -0.3 is 19.5 Å². The number of nitrogens with one attached hydrogen (secondary N) is 1. The Morgan fingerprint density at radius 2 is 2.00 bits per heavy atom. The van der Waals surface area contributed by atoms with Gasteiger partial charge in [0.15, 0.2) is 17.9 Å². The van der Waals surface area contributed by atoms with Crippen LogP contribution in [-0.2, 0) is 16.0 Å². The van der Waals surface area contributed by atoms with Gasteiger partial charge in [0, 0.05) is 26.8 Å². The lowest BCUT2D eigenvalue weighted by molar-refractivity contribution is -0.117. The van der Waals surface area contributed by atoms with Crippen LogP contribution in [0.2, 0.25) is 0 Å². The molecule has 1 unspecified atom stereocenters. The molecule has 0 amide bonds. The van der Waals surface area contributed by atoms with Crippen LogP contribution >= 0.6 is 15.9 Å². The van der Waals surface area contributed by atoms with Crippen molar-refractivity contribution in [2.75, 3.05) is 27.4 Å². The highest BCUT2D eigenvalue weighted by Crippen LogP contribution is 2.30. The fourth-order valence-electron chi connectivity index (χ4n) is 1.63. The molecule has 114 valence electrons. The minimum Gasteiger partial charge on any atom is -0.494 e. The Balaban J connectivity index is 2.71. The van der Waals surface area contributed by atoms with Crippen molar-refractivity contribution in [1.29, 1.82) is 0 Å². The molecule has 20 heavy (non-hydrogen) atoms. The Hall–Kier alpha value is -0.760. The molecule has 0 radical (unpaired) electrons. The Kier molecular flexibility index (Phi) is 7.36. The second-order valence-corrected chi connectivity index (χ2v) is 4.72. The molecule has 1 rings (SSSR count). The van der Waals surface area contributed by atoms with Gasteiger partial charge >= 0.3 is 0 Å². The van der Waals surface area contributed by atoms with E-state index in [1.807, 2.05) is 6.92 Å². The molecule has 0 heterocycles. The van der Waals surface area contributed by atoms with Gasteiger partial charge in [0.25, 0.3) is 0 Å². The van der Waals surface area contributed by atoms with Crippen molar-refractivity contribution >= 4 is 15.9 Å². The predicted octanol–water partition coefficient (Wildman–Crippen LogP) is 2.83. The van der Waals surface area contributed by atoms with E-state index < -0.39 is 11.6 Å². The molecular weight excluding hydrogens is 336 g/mol. The van der Waals surface area contributed by atoms with Crippen LogP contribution in [0.25, 0.3) is 0 Å². The fraction of sp³-hybridized carbons (Fsp3) is 0.538. The smallest absolute Gasteiger partial charge is 0.201 e. The van der Waals surface area contributed by atoms with Crippen LogP contribution < -0.4 is 10.1 Å². The van der Waals surface area contributed by atoms with Gasteiger partial charge in [-0.25, -0.2) is 4.39 Å². The number of rotatable bonds is 8. The topological polar surface area (TPSA) is 39.7 Å². The van der Waals surface area contributed by atoms with Crippen LogP contribution in [0.5, 0.6) is 5.75 Å². The molecule has 0 bridgehead atoms. The van der Waals surface area contributed by atoms with Gasteiger partial charge in [-0.1, -0.05) is 0 Å². The van der Waals surface area contributed by atoms with Gasteiger partial charge in [0.2, 0.25) is 5.82 Å². The summed E-state index contributed by atoms with van der Waals surface area (Å²) in [7, 11) is 2.83. The molecule has 1 N–H and O–H groups in total. The summed E-state index contributed by atoms with van der Waals surface area (Å²) in [6.07, 6.45) is -0.383. The van der Waals surface area contributed by atoms with E-state index in [1.54, 1.807) is 7.11 Å². The maximum atomic E-state index is 13.6. The molecule has 0 aromatic heterocycles. The first-order chi connectivity index (χ1) is 9.54. The molecule has 4 nitrogen and oxygen atoms in total. The second kappa shape index (κ2) is 8.51. The van der Waals surface area contributed by atoms with Crippen LogP contribution in [0.15, 0.2) is 10.5 Å². The largest absolute Gasteiger partial charge is 0.494 e. The zero-order valence-electron chi connectivity index (χ0n) is 11.6. The minimum atomic E-state index is -1.01. The maximum Gasteiger partial charge on any atom is 0.201 e. The molecule has 0 aliphatic carbocycles. The first-order valence-electron chi connectivity index (χ1n) is 6.10. The number of methoxy groups -OCH3 is 2. The summed E-state index contributed by atoms with van der Waals surface area (Å²) in [5.74, 6) is -2.10. The highest BCUT2D eigenvalue weighted by Gasteiger charge is 2.17. The Morgan fingerprint density at radius 1 is 1.30 bits per heavy atom. The highest BCUT2D eigenvalue weighted by atomic mass is 79.9. The number of halogens is 3. The van der Waals surface area contributed by atoms with Crippen LogP contribution in [0.1, 0.15) is 12.5 Å². The summed E-state index contributed by atoms with van der Waals surface area (Å²) in [5.41, 5.74) is 0.548. The summed E-state index contributed by atoms with van der Waals surface area (Å²) in [6, 6.07) is 1.44. The van der Waals surface area contributed by atoms with E-state index in [1.165, 1.54) is 13.2 Å². The van der Waals surface area contributed by atoms with E-state index in [0.29, 0.717) is 25.3 Å². The molecule has 0 saturated carbocycles. The van der Waals surface area contributed by atoms with Crippen molar-refractivity contribution in [3.63, 3.8) is 0 Å². The lowest BCUT2D eigenvalue weighted by Crippen LogP contribution is -2.30. The van der Waals surface area contributed by atoms with Gasteiger partial charge in [0.05, 0.1) is 11.6 Å². The molecule has 0 fully saturated rings. The maximum absolute atomic E-state index is 13.6. The minimum absolute atomic E-state index is 0.0775. The fourth-order valence-corrected chi connectivity index (χ4v) is 2.06. The van der Waals surface area contributed by atoms with Gasteiger partial charge in [-0.15, -0.1) is 0 Å². The van der Waals surface area contributed by atoms with Crippen LogP contribution in [0.4, 0.5) is 8.78 Å². The van der Waals surface area contributed by atoms with Gasteiger partial charge in [-0.3, -0.25) is 0 Å². The normalized spacial score (nSPS) is 12.5. The lowest BCUT2D eigenvalue weighted by atomic mass is 10.2. The zero-order valence-corrected chi connectivity index (χ0v) is 13.2. The third-order valence-electron chi connectivity index (χ3n) is 2.65. The lowest BCUT2D eigenvalue weighted by Gasteiger charge is -2.16. The molecule has 0 saturated heterocycles. The van der Waals surface area contributed by atoms with Gasteiger partial charge in [0.1, 0.15) is 0 Å². The van der Waals surface area contributed by atoms with Crippen molar-refractivity contribution in [3.8, 4) is 5.75 Å². The standard InChI is InChI=1S/C13H18BrF2NO3/c1-4-20-10(19-3)7-17-6-8-5-9(18-2)12(15)13(16)11(8)14/h5,10,17H,4,6-7H2,1-3H3. The third kappa shape index (κ3) is 4.37. The summed E-state index contributed by atoms with van der Waals surface area (Å²) in [6.45, 7) is 3.14. The summed E-state index contributed by atoms with van der Waals surface area (Å²) >= 11 is 3.04. The average Bonchev–Trinajstić information content (AvgIpc) is 2.46. The van der Waals surface area contributed by atoms with E-state index in [4.69, 9.17) is 14.2 Å². The number of benzene rings is 1. The van der Waals surface area contributed by atoms with Crippen molar-refractivity contribution in [2.24, 2.45) is 0 Å². The Morgan fingerprint density at radius 3 is 2.55 bits per heavy atom. The quantitative estimate of drug-likeness (QED) is 0.576. The Bertz CT molecular complexity index is 446. The average molecular weight is 354 g/mol. The second-order valence-electron chi connectivity index (χ2n) is 3.93.